The molecule has 2 aliphatic rings. The van der Waals surface area contributed by atoms with Gasteiger partial charge < -0.3 is 4.74 Å². The molecule has 0 bridgehead atoms. The number of benzene rings is 1. The number of hydrogen-bond acceptors (Lipinski definition) is 5. The van der Waals surface area contributed by atoms with Gasteiger partial charge in [0.2, 0.25) is 11.8 Å². The minimum absolute atomic E-state index is 0.270. The molecule has 0 N–H and O–H groups in total. The maximum absolute atomic E-state index is 13.0. The van der Waals surface area contributed by atoms with Crippen molar-refractivity contribution in [1.82, 2.24) is 0 Å². The molecule has 1 aromatic rings. The number of carbonyl (C=O) groups is 3. The summed E-state index contributed by atoms with van der Waals surface area (Å²) >= 11 is 0. The van der Waals surface area contributed by atoms with Crippen LogP contribution in [0.4, 0.5) is 5.69 Å². The Bertz CT molecular complexity index is 698. The quantitative estimate of drug-likeness (QED) is 0.625. The van der Waals surface area contributed by atoms with E-state index in [9.17, 15) is 14.4 Å². The number of anilines is 1. The normalized spacial score (nSPS) is 29.3. The number of esters is 1. The molecule has 2 aliphatic heterocycles. The Morgan fingerprint density at radius 1 is 1.22 bits per heavy atom. The first-order valence-corrected chi connectivity index (χ1v) is 7.51. The van der Waals surface area contributed by atoms with E-state index in [4.69, 9.17) is 4.74 Å². The van der Waals surface area contributed by atoms with Crippen molar-refractivity contribution in [2.24, 2.45) is 22.7 Å². The van der Waals surface area contributed by atoms with Gasteiger partial charge in [-0.15, -0.1) is 0 Å². The summed E-state index contributed by atoms with van der Waals surface area (Å²) in [5.74, 6) is -3.16. The van der Waals surface area contributed by atoms with Crippen molar-refractivity contribution in [2.75, 3.05) is 12.0 Å². The predicted octanol–water partition coefficient (Wildman–Crippen LogP) is 1.44. The van der Waals surface area contributed by atoms with E-state index in [-0.39, 0.29) is 11.8 Å². The summed E-state index contributed by atoms with van der Waals surface area (Å²) in [6.45, 7) is 3.61. The number of amides is 2. The zero-order valence-corrected chi connectivity index (χ0v) is 13.2. The van der Waals surface area contributed by atoms with E-state index in [1.165, 1.54) is 13.3 Å². The molecule has 23 heavy (non-hydrogen) atoms. The maximum atomic E-state index is 13.0. The third-order valence-electron chi connectivity index (χ3n) is 4.68. The highest BCUT2D eigenvalue weighted by atomic mass is 16.5. The van der Waals surface area contributed by atoms with Crippen molar-refractivity contribution < 1.29 is 19.1 Å². The van der Waals surface area contributed by atoms with Crippen LogP contribution >= 0.6 is 0 Å². The molecular weight excluding hydrogens is 296 g/mol. The van der Waals surface area contributed by atoms with Crippen molar-refractivity contribution in [3.05, 3.63) is 30.3 Å². The van der Waals surface area contributed by atoms with Crippen LogP contribution in [-0.4, -0.2) is 36.6 Å². The molecule has 0 unspecified atom stereocenters. The summed E-state index contributed by atoms with van der Waals surface area (Å²) in [5.41, 5.74) is -0.830. The van der Waals surface area contributed by atoms with Crippen molar-refractivity contribution in [3.63, 3.8) is 0 Å². The Morgan fingerprint density at radius 2 is 1.87 bits per heavy atom. The molecule has 1 aromatic carbocycles. The molecule has 120 valence electrons. The zero-order valence-electron chi connectivity index (χ0n) is 13.2. The predicted molar refractivity (Wildman–Crippen MR) is 84.0 cm³/mol. The first-order valence-electron chi connectivity index (χ1n) is 7.51. The lowest BCUT2D eigenvalue weighted by atomic mass is 9.73. The summed E-state index contributed by atoms with van der Waals surface area (Å²) in [7, 11) is 1.27. The van der Waals surface area contributed by atoms with E-state index in [1.54, 1.807) is 38.1 Å². The molecule has 3 atom stereocenters. The Balaban J connectivity index is 2.08. The second kappa shape index (κ2) is 5.30. The Labute approximate surface area is 134 Å². The monoisotopic (exact) mass is 314 g/mol. The number of methoxy groups -OCH3 is 1. The minimum atomic E-state index is -1.34. The standard InChI is InChI=1S/C17H18N2O4/c1-10(2)17(16(22)23-3)13-12(9-18-17)14(20)19(15(13)21)11-7-5-4-6-8-11/h4-10,12-13H,1-3H3/t12-,13+,17+/m0/s1. The van der Waals surface area contributed by atoms with Crippen LogP contribution in [0.3, 0.4) is 0 Å². The van der Waals surface area contributed by atoms with Crippen LogP contribution in [0.25, 0.3) is 0 Å². The summed E-state index contributed by atoms with van der Waals surface area (Å²) in [6, 6.07) is 8.72. The number of carbonyl (C=O) groups excluding carboxylic acids is 3. The van der Waals surface area contributed by atoms with Crippen molar-refractivity contribution in [1.29, 1.82) is 0 Å². The number of rotatable bonds is 3. The molecular formula is C17H18N2O4. The first-order chi connectivity index (χ1) is 10.9. The van der Waals surface area contributed by atoms with E-state index < -0.39 is 29.3 Å². The Kier molecular flexibility index (Phi) is 3.55. The van der Waals surface area contributed by atoms with Crippen LogP contribution < -0.4 is 4.90 Å². The second-order valence-electron chi connectivity index (χ2n) is 6.10. The van der Waals surface area contributed by atoms with Gasteiger partial charge in [-0.2, -0.15) is 0 Å². The van der Waals surface area contributed by atoms with Crippen LogP contribution in [0.5, 0.6) is 0 Å². The number of nitrogens with zero attached hydrogens (tertiary/aromatic N) is 2. The van der Waals surface area contributed by atoms with Crippen LogP contribution in [0, 0.1) is 17.8 Å². The molecule has 0 radical (unpaired) electrons. The van der Waals surface area contributed by atoms with Gasteiger partial charge in [0.15, 0.2) is 5.54 Å². The highest BCUT2D eigenvalue weighted by Crippen LogP contribution is 2.46. The molecule has 0 aliphatic carbocycles. The van der Waals surface area contributed by atoms with Gasteiger partial charge in [0, 0.05) is 6.21 Å². The average molecular weight is 314 g/mol. The van der Waals surface area contributed by atoms with Crippen LogP contribution in [0.2, 0.25) is 0 Å². The largest absolute Gasteiger partial charge is 0.467 e. The average Bonchev–Trinajstić information content (AvgIpc) is 3.06. The Morgan fingerprint density at radius 3 is 2.43 bits per heavy atom. The molecule has 3 rings (SSSR count). The SMILES string of the molecule is COC(=O)[C@]1(C(C)C)N=C[C@@H]2C(=O)N(c3ccccc3)C(=O)[C@@H]21. The Hall–Kier alpha value is -2.50. The molecule has 0 spiro atoms. The van der Waals surface area contributed by atoms with Gasteiger partial charge in [0.1, 0.15) is 0 Å². The highest BCUT2D eigenvalue weighted by molar-refractivity contribution is 6.28. The molecule has 6 nitrogen and oxygen atoms in total. The summed E-state index contributed by atoms with van der Waals surface area (Å²) in [6.07, 6.45) is 1.44. The zero-order chi connectivity index (χ0) is 16.8. The molecule has 2 heterocycles. The molecule has 0 saturated carbocycles. The van der Waals surface area contributed by atoms with Gasteiger partial charge in [0.25, 0.3) is 0 Å². The van der Waals surface area contributed by atoms with E-state index in [1.807, 2.05) is 6.07 Å². The van der Waals surface area contributed by atoms with Gasteiger partial charge in [-0.1, -0.05) is 32.0 Å². The number of fused-ring (bicyclic) bond motifs is 1. The van der Waals surface area contributed by atoms with Gasteiger partial charge in [0.05, 0.1) is 24.6 Å². The highest BCUT2D eigenvalue weighted by Gasteiger charge is 2.65. The fraction of sp³-hybridized carbons (Fsp3) is 0.412. The first kappa shape index (κ1) is 15.4. The summed E-state index contributed by atoms with van der Waals surface area (Å²) in [4.78, 5) is 43.5. The van der Waals surface area contributed by atoms with E-state index in [0.717, 1.165) is 4.90 Å². The number of hydrogen-bond donors (Lipinski definition) is 0. The van der Waals surface area contributed by atoms with E-state index >= 15 is 0 Å². The third-order valence-corrected chi connectivity index (χ3v) is 4.68. The van der Waals surface area contributed by atoms with Gasteiger partial charge in [-0.3, -0.25) is 14.6 Å². The van der Waals surface area contributed by atoms with Gasteiger partial charge >= 0.3 is 5.97 Å². The summed E-state index contributed by atoms with van der Waals surface area (Å²) < 4.78 is 4.90. The van der Waals surface area contributed by atoms with Crippen LogP contribution in [0.15, 0.2) is 35.3 Å². The molecule has 2 amide bonds. The molecule has 6 heteroatoms. The van der Waals surface area contributed by atoms with Crippen molar-refractivity contribution in [3.8, 4) is 0 Å². The number of imide groups is 1. The number of ether oxygens (including phenoxy) is 1. The lowest BCUT2D eigenvalue weighted by Gasteiger charge is -2.32. The fourth-order valence-electron chi connectivity index (χ4n) is 3.51. The van der Waals surface area contributed by atoms with Crippen LogP contribution in [-0.2, 0) is 19.1 Å². The molecule has 1 fully saturated rings. The molecule has 0 aromatic heterocycles. The van der Waals surface area contributed by atoms with Gasteiger partial charge in [-0.05, 0) is 18.1 Å². The second-order valence-corrected chi connectivity index (χ2v) is 6.10. The smallest absolute Gasteiger partial charge is 0.334 e. The van der Waals surface area contributed by atoms with Crippen LogP contribution in [0.1, 0.15) is 13.8 Å². The minimum Gasteiger partial charge on any atom is -0.467 e. The van der Waals surface area contributed by atoms with E-state index in [2.05, 4.69) is 4.99 Å². The third kappa shape index (κ3) is 1.94. The van der Waals surface area contributed by atoms with Crippen molar-refractivity contribution >= 4 is 29.7 Å². The van der Waals surface area contributed by atoms with Gasteiger partial charge in [-0.25, -0.2) is 9.69 Å². The lowest BCUT2D eigenvalue weighted by Crippen LogP contribution is -2.51. The summed E-state index contributed by atoms with van der Waals surface area (Å²) in [5, 5.41) is 0. The maximum Gasteiger partial charge on any atom is 0.334 e. The topological polar surface area (TPSA) is 76.0 Å². The molecule has 1 saturated heterocycles. The number of para-hydroxylation sites is 1. The lowest BCUT2D eigenvalue weighted by molar-refractivity contribution is -0.153. The van der Waals surface area contributed by atoms with E-state index in [0.29, 0.717) is 5.69 Å². The fourth-order valence-corrected chi connectivity index (χ4v) is 3.51. The number of aliphatic imine (C=N–C) groups is 1. The van der Waals surface area contributed by atoms with Crippen molar-refractivity contribution in [2.45, 2.75) is 19.4 Å².